The van der Waals surface area contributed by atoms with Crippen molar-refractivity contribution in [1.82, 2.24) is 4.90 Å². The molecule has 0 radical (unpaired) electrons. The van der Waals surface area contributed by atoms with Crippen molar-refractivity contribution in [3.63, 3.8) is 0 Å². The molecule has 1 fully saturated rings. The monoisotopic (exact) mass is 520 g/mol. The maximum atomic E-state index is 12.8. The first-order valence-electron chi connectivity index (χ1n) is 10.5. The van der Waals surface area contributed by atoms with Crippen LogP contribution in [0.25, 0.3) is 0 Å². The van der Waals surface area contributed by atoms with E-state index in [1.54, 1.807) is 6.92 Å². The van der Waals surface area contributed by atoms with Crippen molar-refractivity contribution >= 4 is 43.5 Å². The van der Waals surface area contributed by atoms with E-state index in [9.17, 15) is 4.79 Å². The molecule has 2 aromatic rings. The molecule has 5 heteroatoms. The molecule has 0 spiro atoms. The van der Waals surface area contributed by atoms with Crippen LogP contribution in [0, 0.1) is 0 Å². The van der Waals surface area contributed by atoms with Gasteiger partial charge in [-0.1, -0.05) is 56.5 Å². The van der Waals surface area contributed by atoms with Crippen LogP contribution in [0.5, 0.6) is 0 Å². The van der Waals surface area contributed by atoms with E-state index in [4.69, 9.17) is 0 Å². The van der Waals surface area contributed by atoms with Crippen molar-refractivity contribution in [1.29, 1.82) is 0 Å². The fraction of sp³-hybridized carbons (Fsp3) is 0.458. The number of rotatable bonds is 6. The summed E-state index contributed by atoms with van der Waals surface area (Å²) in [5, 5.41) is 0. The summed E-state index contributed by atoms with van der Waals surface area (Å²) in [5.41, 5.74) is 2.30. The van der Waals surface area contributed by atoms with Crippen LogP contribution >= 0.6 is 31.9 Å². The average molecular weight is 522 g/mol. The first-order valence-corrected chi connectivity index (χ1v) is 12.1. The zero-order valence-corrected chi connectivity index (χ0v) is 20.5. The van der Waals surface area contributed by atoms with Crippen LogP contribution in [0.4, 0.5) is 5.69 Å². The smallest absolute Gasteiger partial charge is 0.224 e. The summed E-state index contributed by atoms with van der Waals surface area (Å²) < 4.78 is 1.98. The highest BCUT2D eigenvalue weighted by Gasteiger charge is 2.34. The zero-order valence-electron chi connectivity index (χ0n) is 17.3. The highest BCUT2D eigenvalue weighted by molar-refractivity contribution is 9.13. The van der Waals surface area contributed by atoms with E-state index < -0.39 is 0 Å². The second kappa shape index (κ2) is 10.7. The van der Waals surface area contributed by atoms with Crippen molar-refractivity contribution in [3.8, 4) is 0 Å². The number of hydrogen-bond acceptors (Lipinski definition) is 2. The molecule has 3 nitrogen and oxygen atoms in total. The lowest BCUT2D eigenvalue weighted by molar-refractivity contribution is -0.117. The Morgan fingerprint density at radius 3 is 2.28 bits per heavy atom. The highest BCUT2D eigenvalue weighted by Crippen LogP contribution is 2.34. The van der Waals surface area contributed by atoms with Crippen molar-refractivity contribution in [3.05, 3.63) is 63.0 Å². The van der Waals surface area contributed by atoms with Crippen LogP contribution in [0.15, 0.2) is 57.5 Å². The molecule has 0 aliphatic heterocycles. The second-order valence-electron chi connectivity index (χ2n) is 7.81. The Labute approximate surface area is 191 Å². The van der Waals surface area contributed by atoms with Gasteiger partial charge in [0.05, 0.1) is 6.04 Å². The molecule has 0 N–H and O–H groups in total. The molecule has 2 atom stereocenters. The summed E-state index contributed by atoms with van der Waals surface area (Å²) in [6.07, 6.45) is 5.81. The third-order valence-corrected chi connectivity index (χ3v) is 7.78. The Bertz CT molecular complexity index is 812. The van der Waals surface area contributed by atoms with Crippen LogP contribution in [0.3, 0.4) is 0 Å². The molecule has 0 heterocycles. The van der Waals surface area contributed by atoms with Gasteiger partial charge in [0.1, 0.15) is 0 Å². The van der Waals surface area contributed by atoms with Gasteiger partial charge in [0.15, 0.2) is 0 Å². The van der Waals surface area contributed by atoms with Crippen LogP contribution in [0.2, 0.25) is 0 Å². The van der Waals surface area contributed by atoms with Crippen molar-refractivity contribution in [2.24, 2.45) is 0 Å². The topological polar surface area (TPSA) is 23.6 Å². The van der Waals surface area contributed by atoms with Gasteiger partial charge in [-0.25, -0.2) is 0 Å². The lowest BCUT2D eigenvalue weighted by Gasteiger charge is -2.41. The minimum atomic E-state index is 0.117. The number of benzene rings is 2. The summed E-state index contributed by atoms with van der Waals surface area (Å²) in [6.45, 7) is 5.84. The van der Waals surface area contributed by atoms with E-state index >= 15 is 0 Å². The van der Waals surface area contributed by atoms with E-state index in [2.05, 4.69) is 80.1 Å². The van der Waals surface area contributed by atoms with Gasteiger partial charge in [0, 0.05) is 34.1 Å². The number of hydrogen-bond donors (Lipinski definition) is 0. The first kappa shape index (κ1) is 22.5. The number of likely N-dealkylation sites (N-methyl/N-ethyl adjacent to an activating group) is 1. The molecule has 29 heavy (non-hydrogen) atoms. The third-order valence-electron chi connectivity index (χ3n) is 5.90. The maximum absolute atomic E-state index is 12.8. The van der Waals surface area contributed by atoms with Crippen LogP contribution < -0.4 is 4.90 Å². The Morgan fingerprint density at radius 2 is 1.66 bits per heavy atom. The number of carbonyl (C=O) groups is 1. The Kier molecular flexibility index (Phi) is 8.34. The summed E-state index contributed by atoms with van der Waals surface area (Å²) in [5.74, 6) is 0.117. The Hall–Kier alpha value is -1.17. The molecular weight excluding hydrogens is 492 g/mol. The number of anilines is 1. The summed E-state index contributed by atoms with van der Waals surface area (Å²) in [7, 11) is 0. The molecular formula is C24H30Br2N2O. The third kappa shape index (κ3) is 5.71. The number of amides is 1. The Morgan fingerprint density at radius 1 is 0.966 bits per heavy atom. The molecule has 0 aromatic heterocycles. The lowest BCUT2D eigenvalue weighted by atomic mass is 9.97. The van der Waals surface area contributed by atoms with Gasteiger partial charge < -0.3 is 4.90 Å². The molecule has 0 saturated heterocycles. The first-order chi connectivity index (χ1) is 14.0. The summed E-state index contributed by atoms with van der Waals surface area (Å²) >= 11 is 7.16. The Balaban J connectivity index is 1.94. The average Bonchev–Trinajstić information content (AvgIpc) is 2.95. The highest BCUT2D eigenvalue weighted by atomic mass is 79.9. The minimum absolute atomic E-state index is 0.117. The van der Waals surface area contributed by atoms with Crippen molar-refractivity contribution in [2.45, 2.75) is 64.6 Å². The fourth-order valence-electron chi connectivity index (χ4n) is 4.52. The number of carbonyl (C=O) groups excluding carboxylic acids is 1. The second-order valence-corrected chi connectivity index (χ2v) is 9.52. The molecule has 1 amide bonds. The van der Waals surface area contributed by atoms with Crippen molar-refractivity contribution < 1.29 is 4.79 Å². The van der Waals surface area contributed by atoms with Gasteiger partial charge in [-0.15, -0.1) is 0 Å². The van der Waals surface area contributed by atoms with Crippen LogP contribution in [0.1, 0.15) is 51.5 Å². The van der Waals surface area contributed by atoms with Gasteiger partial charge in [-0.2, -0.15) is 0 Å². The quantitative estimate of drug-likeness (QED) is 0.391. The molecule has 1 saturated carbocycles. The van der Waals surface area contributed by atoms with E-state index in [0.29, 0.717) is 6.04 Å². The summed E-state index contributed by atoms with van der Waals surface area (Å²) in [6, 6.07) is 17.3. The van der Waals surface area contributed by atoms with Gasteiger partial charge >= 0.3 is 0 Å². The summed E-state index contributed by atoms with van der Waals surface area (Å²) in [4.78, 5) is 17.5. The van der Waals surface area contributed by atoms with Crippen LogP contribution in [-0.2, 0) is 11.3 Å². The standard InChI is InChI=1S/C24H30Br2N2O/c1-3-27(17-19-10-6-4-7-11-19)23-12-8-5-9-13-24(23)28(18(2)29)20-14-15-21(25)22(26)16-20/h4,6-7,10-11,14-16,23-24H,3,5,8-9,12-13,17H2,1-2H3. The predicted molar refractivity (Wildman–Crippen MR) is 128 cm³/mol. The lowest BCUT2D eigenvalue weighted by Crippen LogP contribution is -2.53. The minimum Gasteiger partial charge on any atom is -0.308 e. The molecule has 0 bridgehead atoms. The van der Waals surface area contributed by atoms with Gasteiger partial charge in [-0.05, 0) is 75.0 Å². The predicted octanol–water partition coefficient (Wildman–Crippen LogP) is 6.79. The molecule has 2 aromatic carbocycles. The molecule has 156 valence electrons. The van der Waals surface area contributed by atoms with E-state index in [0.717, 1.165) is 40.6 Å². The molecule has 2 unspecified atom stereocenters. The zero-order chi connectivity index (χ0) is 20.8. The van der Waals surface area contributed by atoms with Gasteiger partial charge in [0.2, 0.25) is 5.91 Å². The van der Waals surface area contributed by atoms with Crippen LogP contribution in [-0.4, -0.2) is 29.4 Å². The normalized spacial score (nSPS) is 19.8. The van der Waals surface area contributed by atoms with Gasteiger partial charge in [0.25, 0.3) is 0 Å². The van der Waals surface area contributed by atoms with Gasteiger partial charge in [-0.3, -0.25) is 9.69 Å². The van der Waals surface area contributed by atoms with E-state index in [1.807, 2.05) is 17.0 Å². The molecule has 3 rings (SSSR count). The molecule has 1 aliphatic carbocycles. The maximum Gasteiger partial charge on any atom is 0.224 e. The fourth-order valence-corrected chi connectivity index (χ4v) is 5.13. The SMILES string of the molecule is CCN(Cc1ccccc1)C1CCCCCC1N(C(C)=O)c1ccc(Br)c(Br)c1. The van der Waals surface area contributed by atoms with E-state index in [1.165, 1.54) is 24.8 Å². The number of halogens is 2. The van der Waals surface area contributed by atoms with E-state index in [-0.39, 0.29) is 11.9 Å². The largest absolute Gasteiger partial charge is 0.308 e. The molecule has 1 aliphatic rings. The van der Waals surface area contributed by atoms with Crippen molar-refractivity contribution in [2.75, 3.05) is 11.4 Å². The number of nitrogens with zero attached hydrogens (tertiary/aromatic N) is 2.